The third kappa shape index (κ3) is 3.05. The Balaban J connectivity index is 2.29. The zero-order valence-electron chi connectivity index (χ0n) is 11.0. The van der Waals surface area contributed by atoms with Gasteiger partial charge in [-0.15, -0.1) is 0 Å². The molecule has 2 rings (SSSR count). The van der Waals surface area contributed by atoms with Gasteiger partial charge in [0.2, 0.25) is 10.0 Å². The van der Waals surface area contributed by atoms with E-state index < -0.39 is 21.9 Å². The lowest BCUT2D eigenvalue weighted by Gasteiger charge is -2.29. The van der Waals surface area contributed by atoms with E-state index in [0.29, 0.717) is 19.4 Å². The first-order chi connectivity index (χ1) is 9.32. The van der Waals surface area contributed by atoms with Crippen molar-refractivity contribution in [3.63, 3.8) is 0 Å². The molecule has 1 atom stereocenters. The van der Waals surface area contributed by atoms with Crippen molar-refractivity contribution in [2.45, 2.75) is 24.7 Å². The molecule has 0 aliphatic carbocycles. The molecule has 1 saturated heterocycles. The molecular weight excluding hydrogens is 346 g/mol. The van der Waals surface area contributed by atoms with Crippen LogP contribution in [0.3, 0.4) is 0 Å². The fraction of sp³-hybridized carbons (Fsp3) is 0.462. The van der Waals surface area contributed by atoms with Gasteiger partial charge in [-0.3, -0.25) is 4.79 Å². The normalized spacial score (nSPS) is 20.8. The van der Waals surface area contributed by atoms with E-state index in [4.69, 9.17) is 5.11 Å². The highest BCUT2D eigenvalue weighted by atomic mass is 79.9. The quantitative estimate of drug-likeness (QED) is 0.895. The number of nitrogens with zero attached hydrogens (tertiary/aromatic N) is 1. The average Bonchev–Trinajstić information content (AvgIpc) is 2.42. The maximum Gasteiger partial charge on any atom is 0.307 e. The number of rotatable bonds is 3. The summed E-state index contributed by atoms with van der Waals surface area (Å²) in [6.45, 7) is 2.24. The first kappa shape index (κ1) is 15.5. The van der Waals surface area contributed by atoms with Crippen LogP contribution in [-0.4, -0.2) is 36.9 Å². The summed E-state index contributed by atoms with van der Waals surface area (Å²) in [5.41, 5.74) is 0.831. The Morgan fingerprint density at radius 3 is 2.75 bits per heavy atom. The molecule has 110 valence electrons. The van der Waals surface area contributed by atoms with Gasteiger partial charge in [0, 0.05) is 17.6 Å². The number of carboxylic acids is 1. The van der Waals surface area contributed by atoms with Gasteiger partial charge in [0.25, 0.3) is 0 Å². The molecule has 0 spiro atoms. The smallest absolute Gasteiger partial charge is 0.307 e. The molecule has 0 bridgehead atoms. The van der Waals surface area contributed by atoms with Crippen LogP contribution in [0.25, 0.3) is 0 Å². The zero-order chi connectivity index (χ0) is 14.9. The Hall–Kier alpha value is -0.920. The summed E-state index contributed by atoms with van der Waals surface area (Å²) in [6.07, 6.45) is 1.10. The largest absolute Gasteiger partial charge is 0.481 e. The number of aryl methyl sites for hydroxylation is 1. The summed E-state index contributed by atoms with van der Waals surface area (Å²) in [5, 5.41) is 9.05. The van der Waals surface area contributed by atoms with Crippen LogP contribution in [0, 0.1) is 12.8 Å². The number of sulfonamides is 1. The van der Waals surface area contributed by atoms with E-state index in [-0.39, 0.29) is 11.4 Å². The van der Waals surface area contributed by atoms with Crippen molar-refractivity contribution in [2.24, 2.45) is 5.92 Å². The fourth-order valence-electron chi connectivity index (χ4n) is 2.29. The van der Waals surface area contributed by atoms with Crippen LogP contribution in [0.1, 0.15) is 18.4 Å². The predicted octanol–water partition coefficient (Wildman–Crippen LogP) is 2.24. The molecule has 1 aliphatic heterocycles. The number of benzene rings is 1. The lowest BCUT2D eigenvalue weighted by Crippen LogP contribution is -2.42. The zero-order valence-corrected chi connectivity index (χ0v) is 13.4. The van der Waals surface area contributed by atoms with Crippen LogP contribution in [-0.2, 0) is 14.8 Å². The summed E-state index contributed by atoms with van der Waals surface area (Å²) < 4.78 is 27.2. The molecule has 1 fully saturated rings. The molecule has 5 nitrogen and oxygen atoms in total. The Morgan fingerprint density at radius 2 is 2.15 bits per heavy atom. The maximum atomic E-state index is 12.5. The van der Waals surface area contributed by atoms with Gasteiger partial charge in [0.1, 0.15) is 0 Å². The van der Waals surface area contributed by atoms with Gasteiger partial charge >= 0.3 is 5.97 Å². The molecule has 1 heterocycles. The van der Waals surface area contributed by atoms with Crippen LogP contribution in [0.4, 0.5) is 0 Å². The van der Waals surface area contributed by atoms with Gasteiger partial charge in [-0.1, -0.05) is 15.9 Å². The van der Waals surface area contributed by atoms with Crippen LogP contribution in [0.2, 0.25) is 0 Å². The van der Waals surface area contributed by atoms with Gasteiger partial charge in [-0.05, 0) is 43.5 Å². The van der Waals surface area contributed by atoms with Crippen molar-refractivity contribution in [1.29, 1.82) is 0 Å². The first-order valence-corrected chi connectivity index (χ1v) is 8.55. The van der Waals surface area contributed by atoms with Gasteiger partial charge in [-0.2, -0.15) is 4.31 Å². The summed E-state index contributed by atoms with van der Waals surface area (Å²) in [7, 11) is -3.62. The van der Waals surface area contributed by atoms with Crippen LogP contribution < -0.4 is 0 Å². The second-order valence-electron chi connectivity index (χ2n) is 4.95. The van der Waals surface area contributed by atoms with Crippen molar-refractivity contribution in [3.8, 4) is 0 Å². The highest BCUT2D eigenvalue weighted by Gasteiger charge is 2.33. The summed E-state index contributed by atoms with van der Waals surface area (Å²) in [6, 6.07) is 4.83. The minimum Gasteiger partial charge on any atom is -0.481 e. The molecule has 0 saturated carbocycles. The molecule has 1 N–H and O–H groups in total. The standard InChI is InChI=1S/C13H16BrNO4S/c1-9-7-11(4-5-12(9)14)20(18,19)15-6-2-3-10(8-15)13(16)17/h4-5,7,10H,2-3,6,8H2,1H3,(H,16,17)/t10-/m1/s1. The number of halogens is 1. The lowest BCUT2D eigenvalue weighted by atomic mass is 10.0. The number of aliphatic carboxylic acids is 1. The third-order valence-corrected chi connectivity index (χ3v) is 6.25. The van der Waals surface area contributed by atoms with Gasteiger partial charge in [0.15, 0.2) is 0 Å². The third-order valence-electron chi connectivity index (χ3n) is 3.50. The van der Waals surface area contributed by atoms with Gasteiger partial charge in [0.05, 0.1) is 10.8 Å². The molecule has 20 heavy (non-hydrogen) atoms. The Morgan fingerprint density at radius 1 is 1.45 bits per heavy atom. The molecular formula is C13H16BrNO4S. The second-order valence-corrected chi connectivity index (χ2v) is 7.74. The van der Waals surface area contributed by atoms with E-state index in [1.165, 1.54) is 10.4 Å². The lowest BCUT2D eigenvalue weighted by molar-refractivity contribution is -0.142. The molecule has 0 unspecified atom stereocenters. The van der Waals surface area contributed by atoms with E-state index in [2.05, 4.69) is 15.9 Å². The number of piperidine rings is 1. The van der Waals surface area contributed by atoms with Crippen LogP contribution in [0.15, 0.2) is 27.6 Å². The summed E-state index contributed by atoms with van der Waals surface area (Å²) in [5.74, 6) is -1.55. The molecule has 0 radical (unpaired) electrons. The Labute approximate surface area is 126 Å². The van der Waals surface area contributed by atoms with Crippen molar-refractivity contribution < 1.29 is 18.3 Å². The second kappa shape index (κ2) is 5.83. The molecule has 0 amide bonds. The molecule has 1 aliphatic rings. The summed E-state index contributed by atoms with van der Waals surface area (Å²) >= 11 is 3.33. The van der Waals surface area contributed by atoms with Gasteiger partial charge < -0.3 is 5.11 Å². The Kier molecular flexibility index (Phi) is 4.51. The summed E-state index contributed by atoms with van der Waals surface area (Å²) in [4.78, 5) is 11.2. The Bertz CT molecular complexity index is 629. The van der Waals surface area contributed by atoms with Crippen molar-refractivity contribution >= 4 is 31.9 Å². The SMILES string of the molecule is Cc1cc(S(=O)(=O)N2CCC[C@@H](C(=O)O)C2)ccc1Br. The molecule has 0 aromatic heterocycles. The van der Waals surface area contributed by atoms with E-state index in [1.807, 2.05) is 6.92 Å². The van der Waals surface area contributed by atoms with Gasteiger partial charge in [-0.25, -0.2) is 8.42 Å². The van der Waals surface area contributed by atoms with E-state index in [1.54, 1.807) is 12.1 Å². The maximum absolute atomic E-state index is 12.5. The number of carboxylic acid groups (broad SMARTS) is 1. The highest BCUT2D eigenvalue weighted by Crippen LogP contribution is 2.26. The van der Waals surface area contributed by atoms with Crippen molar-refractivity contribution in [2.75, 3.05) is 13.1 Å². The van der Waals surface area contributed by atoms with Crippen LogP contribution >= 0.6 is 15.9 Å². The van der Waals surface area contributed by atoms with E-state index in [9.17, 15) is 13.2 Å². The minimum absolute atomic E-state index is 0.0484. The molecule has 7 heteroatoms. The van der Waals surface area contributed by atoms with E-state index >= 15 is 0 Å². The number of hydrogen-bond acceptors (Lipinski definition) is 3. The molecule has 1 aromatic rings. The fourth-order valence-corrected chi connectivity index (χ4v) is 4.15. The van der Waals surface area contributed by atoms with E-state index in [0.717, 1.165) is 10.0 Å². The topological polar surface area (TPSA) is 74.7 Å². The first-order valence-electron chi connectivity index (χ1n) is 6.31. The number of carbonyl (C=O) groups is 1. The predicted molar refractivity (Wildman–Crippen MR) is 78.0 cm³/mol. The average molecular weight is 362 g/mol. The molecule has 1 aromatic carbocycles. The monoisotopic (exact) mass is 361 g/mol. The minimum atomic E-state index is -3.62. The number of hydrogen-bond donors (Lipinski definition) is 1. The highest BCUT2D eigenvalue weighted by molar-refractivity contribution is 9.10. The van der Waals surface area contributed by atoms with Crippen LogP contribution in [0.5, 0.6) is 0 Å². The van der Waals surface area contributed by atoms with Crippen molar-refractivity contribution in [3.05, 3.63) is 28.2 Å². The van der Waals surface area contributed by atoms with Crippen molar-refractivity contribution in [1.82, 2.24) is 4.31 Å².